The van der Waals surface area contributed by atoms with Crippen molar-refractivity contribution in [1.29, 1.82) is 0 Å². The summed E-state index contributed by atoms with van der Waals surface area (Å²) in [5, 5.41) is 3.88. The Balaban J connectivity index is 2.58. The topological polar surface area (TPSA) is 29.1 Å². The Labute approximate surface area is 79.3 Å². The molecular formula is C11H6FNO. The molecule has 3 rings (SSSR count). The van der Waals surface area contributed by atoms with Gasteiger partial charge in [0.25, 0.3) is 5.91 Å². The zero-order valence-electron chi connectivity index (χ0n) is 7.17. The summed E-state index contributed by atoms with van der Waals surface area (Å²) >= 11 is 0. The van der Waals surface area contributed by atoms with Gasteiger partial charge in [0.05, 0.1) is 0 Å². The van der Waals surface area contributed by atoms with Gasteiger partial charge in [0.2, 0.25) is 0 Å². The highest BCUT2D eigenvalue weighted by Gasteiger charge is 2.21. The van der Waals surface area contributed by atoms with E-state index in [0.29, 0.717) is 22.0 Å². The van der Waals surface area contributed by atoms with Gasteiger partial charge in [-0.25, -0.2) is 4.39 Å². The van der Waals surface area contributed by atoms with Gasteiger partial charge in [0.1, 0.15) is 5.82 Å². The van der Waals surface area contributed by atoms with E-state index in [9.17, 15) is 9.18 Å². The van der Waals surface area contributed by atoms with E-state index in [0.717, 1.165) is 0 Å². The number of benzene rings is 2. The number of carbonyl (C=O) groups excluding carboxylic acids is 1. The molecular weight excluding hydrogens is 181 g/mol. The minimum absolute atomic E-state index is 0.156. The number of amides is 1. The summed E-state index contributed by atoms with van der Waals surface area (Å²) in [5.41, 5.74) is 1.25. The Morgan fingerprint density at radius 1 is 1.14 bits per heavy atom. The maximum atomic E-state index is 13.4. The molecule has 1 aliphatic heterocycles. The van der Waals surface area contributed by atoms with Gasteiger partial charge in [-0.1, -0.05) is 12.1 Å². The van der Waals surface area contributed by atoms with Crippen LogP contribution in [-0.4, -0.2) is 5.91 Å². The highest BCUT2D eigenvalue weighted by Crippen LogP contribution is 2.33. The first-order chi connectivity index (χ1) is 6.77. The number of rotatable bonds is 0. The number of halogens is 1. The Hall–Kier alpha value is -1.90. The largest absolute Gasteiger partial charge is 0.321 e. The van der Waals surface area contributed by atoms with E-state index in [1.54, 1.807) is 24.3 Å². The quantitative estimate of drug-likeness (QED) is 0.674. The molecule has 0 aromatic heterocycles. The van der Waals surface area contributed by atoms with Gasteiger partial charge in [0.15, 0.2) is 0 Å². The lowest BCUT2D eigenvalue weighted by atomic mass is 10.1. The van der Waals surface area contributed by atoms with Crippen LogP contribution in [0.1, 0.15) is 10.4 Å². The second-order valence-electron chi connectivity index (χ2n) is 3.28. The lowest BCUT2D eigenvalue weighted by molar-refractivity contribution is 0.103. The molecule has 0 saturated carbocycles. The fourth-order valence-corrected chi connectivity index (χ4v) is 1.85. The van der Waals surface area contributed by atoms with E-state index >= 15 is 0 Å². The molecule has 2 aromatic carbocycles. The van der Waals surface area contributed by atoms with Crippen LogP contribution in [-0.2, 0) is 0 Å². The molecule has 0 aliphatic carbocycles. The zero-order valence-corrected chi connectivity index (χ0v) is 7.17. The fourth-order valence-electron chi connectivity index (χ4n) is 1.85. The first-order valence-corrected chi connectivity index (χ1v) is 4.30. The molecule has 68 valence electrons. The zero-order chi connectivity index (χ0) is 9.71. The van der Waals surface area contributed by atoms with E-state index in [1.807, 2.05) is 0 Å². The minimum Gasteiger partial charge on any atom is -0.321 e. The average molecular weight is 187 g/mol. The summed E-state index contributed by atoms with van der Waals surface area (Å²) < 4.78 is 13.4. The molecule has 0 bridgehead atoms. The number of hydrogen-bond donors (Lipinski definition) is 1. The van der Waals surface area contributed by atoms with Crippen LogP contribution in [0.15, 0.2) is 30.3 Å². The number of anilines is 1. The van der Waals surface area contributed by atoms with Crippen molar-refractivity contribution in [3.8, 4) is 0 Å². The van der Waals surface area contributed by atoms with Gasteiger partial charge in [-0.2, -0.15) is 0 Å². The van der Waals surface area contributed by atoms with Crippen LogP contribution in [0.25, 0.3) is 10.8 Å². The van der Waals surface area contributed by atoms with Gasteiger partial charge in [0, 0.05) is 22.0 Å². The Bertz CT molecular complexity index is 562. The summed E-state index contributed by atoms with van der Waals surface area (Å²) in [6.07, 6.45) is 0. The van der Waals surface area contributed by atoms with Gasteiger partial charge in [-0.3, -0.25) is 4.79 Å². The Morgan fingerprint density at radius 3 is 2.86 bits per heavy atom. The van der Waals surface area contributed by atoms with Crippen LogP contribution in [0.5, 0.6) is 0 Å². The third-order valence-corrected chi connectivity index (χ3v) is 2.48. The van der Waals surface area contributed by atoms with Crippen LogP contribution in [0, 0.1) is 5.82 Å². The summed E-state index contributed by atoms with van der Waals surface area (Å²) in [5.74, 6) is -0.446. The maximum Gasteiger partial charge on any atom is 0.256 e. The van der Waals surface area contributed by atoms with Gasteiger partial charge in [-0.05, 0) is 18.2 Å². The standard InChI is InChI=1S/C11H6FNO/c12-8-4-5-9-10-6(8)2-1-3-7(10)11(14)13-9/h1-5H,(H,13,14). The van der Waals surface area contributed by atoms with Crippen molar-refractivity contribution < 1.29 is 9.18 Å². The SMILES string of the molecule is O=C1Nc2ccc(F)c3cccc1c23. The molecule has 2 aromatic rings. The molecule has 0 radical (unpaired) electrons. The first kappa shape index (κ1) is 7.50. The Kier molecular flexibility index (Phi) is 1.24. The van der Waals surface area contributed by atoms with Crippen molar-refractivity contribution in [2.75, 3.05) is 5.32 Å². The molecule has 1 heterocycles. The molecule has 2 nitrogen and oxygen atoms in total. The summed E-state index contributed by atoms with van der Waals surface area (Å²) in [6, 6.07) is 8.03. The third kappa shape index (κ3) is 0.763. The molecule has 3 heteroatoms. The number of carbonyl (C=O) groups is 1. The second-order valence-corrected chi connectivity index (χ2v) is 3.28. The van der Waals surface area contributed by atoms with Crippen molar-refractivity contribution >= 4 is 22.4 Å². The van der Waals surface area contributed by atoms with Gasteiger partial charge < -0.3 is 5.32 Å². The van der Waals surface area contributed by atoms with E-state index in [-0.39, 0.29) is 11.7 Å². The van der Waals surface area contributed by atoms with Crippen molar-refractivity contribution in [3.63, 3.8) is 0 Å². The van der Waals surface area contributed by atoms with E-state index < -0.39 is 0 Å². The minimum atomic E-state index is -0.290. The monoisotopic (exact) mass is 187 g/mol. The van der Waals surface area contributed by atoms with E-state index in [2.05, 4.69) is 5.32 Å². The van der Waals surface area contributed by atoms with Crippen LogP contribution >= 0.6 is 0 Å². The van der Waals surface area contributed by atoms with Crippen LogP contribution < -0.4 is 5.32 Å². The molecule has 0 unspecified atom stereocenters. The normalized spacial score (nSPS) is 13.4. The van der Waals surface area contributed by atoms with Crippen LogP contribution in [0.3, 0.4) is 0 Å². The highest BCUT2D eigenvalue weighted by molar-refractivity contribution is 6.23. The van der Waals surface area contributed by atoms with Gasteiger partial charge in [-0.15, -0.1) is 0 Å². The predicted molar refractivity (Wildman–Crippen MR) is 51.9 cm³/mol. The van der Waals surface area contributed by atoms with Crippen LogP contribution in [0.4, 0.5) is 10.1 Å². The Morgan fingerprint density at radius 2 is 2.00 bits per heavy atom. The molecule has 0 saturated heterocycles. The number of hydrogen-bond acceptors (Lipinski definition) is 1. The highest BCUT2D eigenvalue weighted by atomic mass is 19.1. The summed E-state index contributed by atoms with van der Waals surface area (Å²) in [6.45, 7) is 0. The molecule has 0 spiro atoms. The molecule has 0 atom stereocenters. The second kappa shape index (κ2) is 2.32. The molecule has 0 fully saturated rings. The van der Waals surface area contributed by atoms with E-state index in [4.69, 9.17) is 0 Å². The van der Waals surface area contributed by atoms with Crippen molar-refractivity contribution in [2.45, 2.75) is 0 Å². The lowest BCUT2D eigenvalue weighted by Gasteiger charge is -1.99. The van der Waals surface area contributed by atoms with Crippen molar-refractivity contribution in [1.82, 2.24) is 0 Å². The predicted octanol–water partition coefficient (Wildman–Crippen LogP) is 2.54. The van der Waals surface area contributed by atoms with Crippen molar-refractivity contribution in [2.24, 2.45) is 0 Å². The average Bonchev–Trinajstić information content (AvgIpc) is 2.52. The summed E-state index contributed by atoms with van der Waals surface area (Å²) in [7, 11) is 0. The van der Waals surface area contributed by atoms with E-state index in [1.165, 1.54) is 6.07 Å². The lowest BCUT2D eigenvalue weighted by Crippen LogP contribution is -2.03. The summed E-state index contributed by atoms with van der Waals surface area (Å²) in [4.78, 5) is 11.4. The first-order valence-electron chi connectivity index (χ1n) is 4.30. The van der Waals surface area contributed by atoms with Crippen LogP contribution in [0.2, 0.25) is 0 Å². The maximum absolute atomic E-state index is 13.4. The molecule has 1 N–H and O–H groups in total. The smallest absolute Gasteiger partial charge is 0.256 e. The van der Waals surface area contributed by atoms with Crippen molar-refractivity contribution in [3.05, 3.63) is 41.7 Å². The van der Waals surface area contributed by atoms with Gasteiger partial charge >= 0.3 is 0 Å². The fraction of sp³-hybridized carbons (Fsp3) is 0. The molecule has 1 amide bonds. The molecule has 14 heavy (non-hydrogen) atoms. The number of nitrogens with one attached hydrogen (secondary N) is 1. The molecule has 1 aliphatic rings. The third-order valence-electron chi connectivity index (χ3n) is 2.48.